The molecule has 0 aliphatic carbocycles. The number of hydrogen-bond acceptors (Lipinski definition) is 3. The smallest absolute Gasteiger partial charge is 0.143 e. The highest BCUT2D eigenvalue weighted by molar-refractivity contribution is 7.98. The molecule has 2 nitrogen and oxygen atoms in total. The third-order valence-corrected chi connectivity index (χ3v) is 2.66. The lowest BCUT2D eigenvalue weighted by atomic mass is 10.3. The molecule has 0 bridgehead atoms. The summed E-state index contributed by atoms with van der Waals surface area (Å²) in [6.07, 6.45) is 3.10. The number of rotatable bonds is 5. The number of benzene rings is 1. The first-order valence-corrected chi connectivity index (χ1v) is 6.18. The van der Waals surface area contributed by atoms with Gasteiger partial charge in [-0.1, -0.05) is 11.6 Å². The van der Waals surface area contributed by atoms with E-state index in [1.165, 1.54) is 0 Å². The summed E-state index contributed by atoms with van der Waals surface area (Å²) < 4.78 is 5.50. The topological polar surface area (TPSA) is 35.2 Å². The molecule has 1 aromatic carbocycles. The van der Waals surface area contributed by atoms with Gasteiger partial charge in [0, 0.05) is 11.1 Å². The molecule has 0 aliphatic rings. The Balaban J connectivity index is 2.45. The maximum Gasteiger partial charge on any atom is 0.143 e. The first-order valence-electron chi connectivity index (χ1n) is 4.41. The average molecular weight is 232 g/mol. The molecule has 0 fully saturated rings. The standard InChI is InChI=1S/C10H14ClNOS/c1-14-6-2-5-13-10-7-8(11)3-4-9(10)12/h3-4,7H,2,5-6,12H2,1H3. The van der Waals surface area contributed by atoms with E-state index in [2.05, 4.69) is 6.26 Å². The van der Waals surface area contributed by atoms with Crippen molar-refractivity contribution in [2.75, 3.05) is 24.3 Å². The number of ether oxygens (including phenoxy) is 1. The monoisotopic (exact) mass is 231 g/mol. The van der Waals surface area contributed by atoms with Crippen molar-refractivity contribution in [3.63, 3.8) is 0 Å². The summed E-state index contributed by atoms with van der Waals surface area (Å²) in [5.41, 5.74) is 6.35. The average Bonchev–Trinajstić information content (AvgIpc) is 2.18. The van der Waals surface area contributed by atoms with Crippen molar-refractivity contribution in [3.8, 4) is 5.75 Å². The minimum absolute atomic E-state index is 0.638. The highest BCUT2D eigenvalue weighted by Gasteiger charge is 2.00. The zero-order chi connectivity index (χ0) is 10.4. The zero-order valence-electron chi connectivity index (χ0n) is 8.13. The van der Waals surface area contributed by atoms with Crippen LogP contribution in [0.1, 0.15) is 6.42 Å². The van der Waals surface area contributed by atoms with Crippen LogP contribution in [-0.4, -0.2) is 18.6 Å². The molecule has 4 heteroatoms. The zero-order valence-corrected chi connectivity index (χ0v) is 9.70. The van der Waals surface area contributed by atoms with Crippen LogP contribution < -0.4 is 10.5 Å². The molecule has 14 heavy (non-hydrogen) atoms. The molecule has 0 spiro atoms. The summed E-state index contributed by atoms with van der Waals surface area (Å²) in [5.74, 6) is 1.78. The van der Waals surface area contributed by atoms with Crippen LogP contribution >= 0.6 is 23.4 Å². The van der Waals surface area contributed by atoms with Crippen molar-refractivity contribution in [1.82, 2.24) is 0 Å². The van der Waals surface area contributed by atoms with Crippen molar-refractivity contribution >= 4 is 29.1 Å². The van der Waals surface area contributed by atoms with E-state index in [9.17, 15) is 0 Å². The van der Waals surface area contributed by atoms with E-state index in [0.29, 0.717) is 23.1 Å². The second kappa shape index (κ2) is 6.04. The second-order valence-electron chi connectivity index (χ2n) is 2.88. The minimum atomic E-state index is 0.638. The van der Waals surface area contributed by atoms with Crippen LogP contribution in [0.5, 0.6) is 5.75 Å². The Morgan fingerprint density at radius 1 is 1.50 bits per heavy atom. The van der Waals surface area contributed by atoms with Gasteiger partial charge in [-0.2, -0.15) is 11.8 Å². The van der Waals surface area contributed by atoms with E-state index < -0.39 is 0 Å². The molecule has 0 aromatic heterocycles. The fourth-order valence-corrected chi connectivity index (χ4v) is 1.59. The van der Waals surface area contributed by atoms with Gasteiger partial charge >= 0.3 is 0 Å². The first-order chi connectivity index (χ1) is 6.74. The molecule has 0 heterocycles. The summed E-state index contributed by atoms with van der Waals surface area (Å²) in [6, 6.07) is 5.26. The number of thioether (sulfide) groups is 1. The van der Waals surface area contributed by atoms with Gasteiger partial charge in [-0.05, 0) is 30.6 Å². The molecule has 0 aliphatic heterocycles. The molecule has 0 unspecified atom stereocenters. The molecular weight excluding hydrogens is 218 g/mol. The van der Waals surface area contributed by atoms with Gasteiger partial charge in [0.2, 0.25) is 0 Å². The largest absolute Gasteiger partial charge is 0.491 e. The SMILES string of the molecule is CSCCCOc1cc(Cl)ccc1N. The molecule has 1 rings (SSSR count). The van der Waals surface area contributed by atoms with Gasteiger partial charge in [-0.15, -0.1) is 0 Å². The van der Waals surface area contributed by atoms with Gasteiger partial charge in [0.25, 0.3) is 0 Å². The Morgan fingerprint density at radius 3 is 3.00 bits per heavy atom. The minimum Gasteiger partial charge on any atom is -0.491 e. The number of halogens is 1. The maximum atomic E-state index is 5.82. The Hall–Kier alpha value is -0.540. The molecule has 78 valence electrons. The Bertz CT molecular complexity index is 293. The van der Waals surface area contributed by atoms with E-state index in [1.807, 2.05) is 0 Å². The predicted octanol–water partition coefficient (Wildman–Crippen LogP) is 3.05. The first kappa shape index (κ1) is 11.5. The lowest BCUT2D eigenvalue weighted by molar-refractivity contribution is 0.320. The fourth-order valence-electron chi connectivity index (χ4n) is 1.02. The predicted molar refractivity (Wildman–Crippen MR) is 64.4 cm³/mol. The Morgan fingerprint density at radius 2 is 2.29 bits per heavy atom. The summed E-state index contributed by atoms with van der Waals surface area (Å²) >= 11 is 7.62. The second-order valence-corrected chi connectivity index (χ2v) is 4.30. The maximum absolute atomic E-state index is 5.82. The van der Waals surface area contributed by atoms with Crippen LogP contribution in [0.15, 0.2) is 18.2 Å². The van der Waals surface area contributed by atoms with Crippen molar-refractivity contribution in [2.24, 2.45) is 0 Å². The summed E-state index contributed by atoms with van der Waals surface area (Å²) in [6.45, 7) is 0.686. The van der Waals surface area contributed by atoms with Gasteiger partial charge in [-0.25, -0.2) is 0 Å². The lowest BCUT2D eigenvalue weighted by Gasteiger charge is -2.08. The summed E-state index contributed by atoms with van der Waals surface area (Å²) in [5, 5.41) is 0.652. The number of anilines is 1. The van der Waals surface area contributed by atoms with Crippen molar-refractivity contribution in [3.05, 3.63) is 23.2 Å². The molecule has 0 amide bonds. The van der Waals surface area contributed by atoms with Gasteiger partial charge in [-0.3, -0.25) is 0 Å². The molecule has 0 saturated heterocycles. The molecule has 0 atom stereocenters. The quantitative estimate of drug-likeness (QED) is 0.625. The Kier molecular flexibility index (Phi) is 4.98. The molecular formula is C10H14ClNOS. The third kappa shape index (κ3) is 3.68. The molecule has 1 aromatic rings. The Labute approximate surface area is 93.8 Å². The van der Waals surface area contributed by atoms with Gasteiger partial charge in [0.15, 0.2) is 0 Å². The van der Waals surface area contributed by atoms with E-state index in [4.69, 9.17) is 22.1 Å². The van der Waals surface area contributed by atoms with Crippen molar-refractivity contribution in [1.29, 1.82) is 0 Å². The third-order valence-electron chi connectivity index (χ3n) is 1.73. The number of nitrogen functional groups attached to an aromatic ring is 1. The highest BCUT2D eigenvalue weighted by atomic mass is 35.5. The van der Waals surface area contributed by atoms with Gasteiger partial charge < -0.3 is 10.5 Å². The van der Waals surface area contributed by atoms with Crippen LogP contribution in [0, 0.1) is 0 Å². The van der Waals surface area contributed by atoms with Crippen LogP contribution in [0.4, 0.5) is 5.69 Å². The van der Waals surface area contributed by atoms with Crippen molar-refractivity contribution < 1.29 is 4.74 Å². The van der Waals surface area contributed by atoms with E-state index in [0.717, 1.165) is 12.2 Å². The van der Waals surface area contributed by atoms with E-state index in [-0.39, 0.29) is 0 Å². The summed E-state index contributed by atoms with van der Waals surface area (Å²) in [4.78, 5) is 0. The van der Waals surface area contributed by atoms with Crippen molar-refractivity contribution in [2.45, 2.75) is 6.42 Å². The van der Waals surface area contributed by atoms with E-state index >= 15 is 0 Å². The van der Waals surface area contributed by atoms with Crippen LogP contribution in [0.25, 0.3) is 0 Å². The number of hydrogen-bond donors (Lipinski definition) is 1. The fraction of sp³-hybridized carbons (Fsp3) is 0.400. The lowest BCUT2D eigenvalue weighted by Crippen LogP contribution is -2.01. The van der Waals surface area contributed by atoms with Gasteiger partial charge in [0.05, 0.1) is 12.3 Å². The van der Waals surface area contributed by atoms with E-state index in [1.54, 1.807) is 30.0 Å². The normalized spacial score (nSPS) is 10.1. The summed E-state index contributed by atoms with van der Waals surface area (Å²) in [7, 11) is 0. The molecule has 0 saturated carbocycles. The number of nitrogens with two attached hydrogens (primary N) is 1. The molecule has 0 radical (unpaired) electrons. The molecule has 2 N–H and O–H groups in total. The van der Waals surface area contributed by atoms with Crippen LogP contribution in [0.2, 0.25) is 5.02 Å². The van der Waals surface area contributed by atoms with Crippen LogP contribution in [0.3, 0.4) is 0 Å². The van der Waals surface area contributed by atoms with Crippen LogP contribution in [-0.2, 0) is 0 Å². The highest BCUT2D eigenvalue weighted by Crippen LogP contribution is 2.25. The van der Waals surface area contributed by atoms with Gasteiger partial charge in [0.1, 0.15) is 5.75 Å².